The number of benzene rings is 1. The van der Waals surface area contributed by atoms with Gasteiger partial charge in [-0.05, 0) is 31.9 Å². The summed E-state index contributed by atoms with van der Waals surface area (Å²) in [6.07, 6.45) is 2.06. The van der Waals surface area contributed by atoms with E-state index in [2.05, 4.69) is 10.2 Å². The first kappa shape index (κ1) is 14.8. The number of hydrogen-bond acceptors (Lipinski definition) is 4. The molecule has 0 amide bonds. The molecule has 8 heteroatoms. The summed E-state index contributed by atoms with van der Waals surface area (Å²) in [5, 5.41) is 8.24. The highest BCUT2D eigenvalue weighted by atomic mass is 32.2. The zero-order valence-corrected chi connectivity index (χ0v) is 13.5. The Hall–Kier alpha value is -1.80. The Kier molecular flexibility index (Phi) is 3.28. The van der Waals surface area contributed by atoms with Gasteiger partial charge in [-0.2, -0.15) is 4.31 Å². The van der Waals surface area contributed by atoms with Crippen LogP contribution in [-0.4, -0.2) is 39.6 Å². The Morgan fingerprint density at radius 1 is 1.17 bits per heavy atom. The van der Waals surface area contributed by atoms with Crippen molar-refractivity contribution in [1.82, 2.24) is 19.1 Å². The van der Waals surface area contributed by atoms with E-state index in [1.54, 1.807) is 6.07 Å². The quantitative estimate of drug-likeness (QED) is 0.833. The third-order valence-corrected chi connectivity index (χ3v) is 6.81. The van der Waals surface area contributed by atoms with Gasteiger partial charge in [0.1, 0.15) is 22.4 Å². The molecule has 2 aromatic rings. The van der Waals surface area contributed by atoms with Crippen LogP contribution in [0.25, 0.3) is 0 Å². The van der Waals surface area contributed by atoms with Crippen molar-refractivity contribution < 1.29 is 12.8 Å². The van der Waals surface area contributed by atoms with Gasteiger partial charge in [-0.1, -0.05) is 12.1 Å². The second-order valence-electron chi connectivity index (χ2n) is 6.13. The highest BCUT2D eigenvalue weighted by molar-refractivity contribution is 7.89. The van der Waals surface area contributed by atoms with Gasteiger partial charge >= 0.3 is 0 Å². The number of halogens is 1. The maximum atomic E-state index is 14.1. The minimum atomic E-state index is -3.86. The lowest BCUT2D eigenvalue weighted by Gasteiger charge is -2.27. The maximum Gasteiger partial charge on any atom is 0.246 e. The lowest BCUT2D eigenvalue weighted by molar-refractivity contribution is 0.313. The minimum Gasteiger partial charge on any atom is -0.314 e. The van der Waals surface area contributed by atoms with Crippen LogP contribution in [0.4, 0.5) is 4.39 Å². The van der Waals surface area contributed by atoms with E-state index in [1.807, 2.05) is 11.5 Å². The van der Waals surface area contributed by atoms with Gasteiger partial charge in [0, 0.05) is 25.0 Å². The molecule has 23 heavy (non-hydrogen) atoms. The van der Waals surface area contributed by atoms with E-state index < -0.39 is 15.8 Å². The molecule has 0 N–H and O–H groups in total. The van der Waals surface area contributed by atoms with E-state index in [0.717, 1.165) is 24.5 Å². The van der Waals surface area contributed by atoms with Crippen LogP contribution in [0.5, 0.6) is 0 Å². The topological polar surface area (TPSA) is 68.1 Å². The smallest absolute Gasteiger partial charge is 0.246 e. The van der Waals surface area contributed by atoms with Gasteiger partial charge < -0.3 is 4.57 Å². The lowest BCUT2D eigenvalue weighted by atomic mass is 10.1. The van der Waals surface area contributed by atoms with Gasteiger partial charge in [0.2, 0.25) is 10.0 Å². The third kappa shape index (κ3) is 2.20. The zero-order chi connectivity index (χ0) is 16.2. The first-order chi connectivity index (χ1) is 11.0. The predicted molar refractivity (Wildman–Crippen MR) is 80.7 cm³/mol. The normalized spacial score (nSPS) is 24.4. The molecule has 2 atom stereocenters. The summed E-state index contributed by atoms with van der Waals surface area (Å²) >= 11 is 0. The molecule has 1 saturated heterocycles. The maximum absolute atomic E-state index is 14.1. The first-order valence-corrected chi connectivity index (χ1v) is 9.09. The largest absolute Gasteiger partial charge is 0.314 e. The average Bonchev–Trinajstić information content (AvgIpc) is 2.99. The van der Waals surface area contributed by atoms with Crippen LogP contribution in [0.1, 0.15) is 24.5 Å². The second kappa shape index (κ2) is 5.10. The van der Waals surface area contributed by atoms with Gasteiger partial charge in [0.15, 0.2) is 0 Å². The zero-order valence-electron chi connectivity index (χ0n) is 12.7. The van der Waals surface area contributed by atoms with Crippen LogP contribution < -0.4 is 0 Å². The molecule has 2 unspecified atom stereocenters. The third-order valence-electron chi connectivity index (χ3n) is 4.77. The molecule has 122 valence electrons. The van der Waals surface area contributed by atoms with E-state index in [-0.39, 0.29) is 17.0 Å². The fraction of sp³-hybridized carbons (Fsp3) is 0.467. The highest BCUT2D eigenvalue weighted by Crippen LogP contribution is 2.36. The Balaban J connectivity index is 1.78. The number of rotatable bonds is 2. The van der Waals surface area contributed by atoms with Crippen molar-refractivity contribution in [3.8, 4) is 0 Å². The minimum absolute atomic E-state index is 0.180. The molecule has 0 aliphatic carbocycles. The van der Waals surface area contributed by atoms with E-state index in [1.165, 1.54) is 22.5 Å². The molecule has 1 aromatic heterocycles. The van der Waals surface area contributed by atoms with Crippen LogP contribution in [0, 0.1) is 12.7 Å². The molecule has 2 aliphatic rings. The van der Waals surface area contributed by atoms with Crippen LogP contribution >= 0.6 is 0 Å². The van der Waals surface area contributed by atoms with Crippen LogP contribution in [-0.2, 0) is 23.0 Å². The number of aryl methyl sites for hydroxylation is 1. The lowest BCUT2D eigenvalue weighted by Crippen LogP contribution is -2.42. The summed E-state index contributed by atoms with van der Waals surface area (Å²) in [6.45, 7) is 2.39. The van der Waals surface area contributed by atoms with Crippen LogP contribution in [0.15, 0.2) is 29.2 Å². The monoisotopic (exact) mass is 336 g/mol. The molecule has 0 saturated carbocycles. The van der Waals surface area contributed by atoms with Crippen molar-refractivity contribution in [1.29, 1.82) is 0 Å². The fourth-order valence-electron chi connectivity index (χ4n) is 3.70. The Morgan fingerprint density at radius 2 is 1.91 bits per heavy atom. The van der Waals surface area contributed by atoms with E-state index in [4.69, 9.17) is 0 Å². The number of nitrogens with zero attached hydrogens (tertiary/aromatic N) is 4. The van der Waals surface area contributed by atoms with Crippen molar-refractivity contribution in [3.05, 3.63) is 41.7 Å². The van der Waals surface area contributed by atoms with Crippen molar-refractivity contribution in [2.24, 2.45) is 0 Å². The second-order valence-corrected chi connectivity index (χ2v) is 7.94. The van der Waals surface area contributed by atoms with Gasteiger partial charge in [-0.25, -0.2) is 12.8 Å². The van der Waals surface area contributed by atoms with Crippen LogP contribution in [0.3, 0.4) is 0 Å². The van der Waals surface area contributed by atoms with Gasteiger partial charge in [0.05, 0.1) is 0 Å². The Morgan fingerprint density at radius 3 is 2.70 bits per heavy atom. The standard InChI is InChI=1S/C15H17FN4O2S/c1-10-17-18-15-8-11-6-7-12(9-19(10)15)20(11)23(21,22)14-5-3-2-4-13(14)16/h2-5,11-12H,6-9H2,1H3. The molecule has 0 radical (unpaired) electrons. The predicted octanol–water partition coefficient (Wildman–Crippen LogP) is 1.50. The average molecular weight is 336 g/mol. The summed E-state index contributed by atoms with van der Waals surface area (Å²) in [4.78, 5) is -0.244. The SMILES string of the molecule is Cc1nnc2n1CC1CCC(C2)N1S(=O)(=O)c1ccccc1F. The summed E-state index contributed by atoms with van der Waals surface area (Å²) in [5.74, 6) is 0.894. The summed E-state index contributed by atoms with van der Waals surface area (Å²) in [5.41, 5.74) is 0. The first-order valence-electron chi connectivity index (χ1n) is 7.65. The molecule has 3 heterocycles. The number of sulfonamides is 1. The van der Waals surface area contributed by atoms with Crippen LogP contribution in [0.2, 0.25) is 0 Å². The summed E-state index contributed by atoms with van der Waals surface area (Å²) < 4.78 is 43.6. The molecule has 2 bridgehead atoms. The Bertz CT molecular complexity index is 864. The number of hydrogen-bond donors (Lipinski definition) is 0. The molecule has 6 nitrogen and oxygen atoms in total. The van der Waals surface area contributed by atoms with E-state index in [9.17, 15) is 12.8 Å². The van der Waals surface area contributed by atoms with Gasteiger partial charge in [-0.3, -0.25) is 0 Å². The number of aromatic nitrogens is 3. The van der Waals surface area contributed by atoms with Crippen molar-refractivity contribution in [3.63, 3.8) is 0 Å². The van der Waals surface area contributed by atoms with Crippen molar-refractivity contribution >= 4 is 10.0 Å². The molecule has 4 rings (SSSR count). The highest BCUT2D eigenvalue weighted by Gasteiger charge is 2.45. The molecule has 1 fully saturated rings. The molecular formula is C15H17FN4O2S. The van der Waals surface area contributed by atoms with E-state index >= 15 is 0 Å². The fourth-order valence-corrected chi connectivity index (χ4v) is 5.63. The van der Waals surface area contributed by atoms with Gasteiger partial charge in [-0.15, -0.1) is 10.2 Å². The Labute approximate surface area is 134 Å². The molecule has 2 aliphatic heterocycles. The summed E-state index contributed by atoms with van der Waals surface area (Å²) in [6, 6.07) is 5.20. The van der Waals surface area contributed by atoms with Crippen molar-refractivity contribution in [2.75, 3.05) is 0 Å². The van der Waals surface area contributed by atoms with Crippen molar-refractivity contribution in [2.45, 2.75) is 49.7 Å². The molecular weight excluding hydrogens is 319 g/mol. The van der Waals surface area contributed by atoms with Gasteiger partial charge in [0.25, 0.3) is 0 Å². The summed E-state index contributed by atoms with van der Waals surface area (Å²) in [7, 11) is -3.86. The molecule has 1 aromatic carbocycles. The number of fused-ring (bicyclic) bond motifs is 3. The van der Waals surface area contributed by atoms with E-state index in [0.29, 0.717) is 13.0 Å². The molecule has 0 spiro atoms.